The molecule has 0 saturated carbocycles. The van der Waals surface area contributed by atoms with Crippen molar-refractivity contribution in [1.29, 1.82) is 0 Å². The van der Waals surface area contributed by atoms with Gasteiger partial charge in [-0.05, 0) is 52.3 Å². The van der Waals surface area contributed by atoms with Crippen molar-refractivity contribution in [3.8, 4) is 0 Å². The molecule has 0 saturated heterocycles. The molecule has 0 radical (unpaired) electrons. The van der Waals surface area contributed by atoms with Crippen LogP contribution in [0.2, 0.25) is 0 Å². The van der Waals surface area contributed by atoms with Crippen molar-refractivity contribution in [3.05, 3.63) is 52.8 Å². The van der Waals surface area contributed by atoms with Crippen molar-refractivity contribution < 1.29 is 14.3 Å². The predicted molar refractivity (Wildman–Crippen MR) is 123 cm³/mol. The number of rotatable bonds is 7. The Hall–Kier alpha value is -3.14. The number of ether oxygens (including phenoxy) is 1. The lowest BCUT2D eigenvalue weighted by atomic mass is 10.1. The highest BCUT2D eigenvalue weighted by atomic mass is 32.2. The standard InChI is InChI=1S/C22H28N6O3S/c1-14-12-15(2)28-19(25-14)26-20(27-28)32-13-16-8-6-7-9-17(16)18(29)23-10-11-24-21(30)31-22(3,4)5/h6-9,12H,10-11,13H2,1-5H3,(H,23,29)(H,24,30). The van der Waals surface area contributed by atoms with E-state index in [-0.39, 0.29) is 19.0 Å². The van der Waals surface area contributed by atoms with Gasteiger partial charge in [-0.1, -0.05) is 30.0 Å². The van der Waals surface area contributed by atoms with Crippen LogP contribution >= 0.6 is 11.8 Å². The normalized spacial score (nSPS) is 11.4. The molecule has 9 nitrogen and oxygen atoms in total. The van der Waals surface area contributed by atoms with Gasteiger partial charge >= 0.3 is 6.09 Å². The molecule has 0 aliphatic carbocycles. The van der Waals surface area contributed by atoms with Crippen molar-refractivity contribution in [2.24, 2.45) is 0 Å². The van der Waals surface area contributed by atoms with Gasteiger partial charge in [0.05, 0.1) is 0 Å². The summed E-state index contributed by atoms with van der Waals surface area (Å²) in [5.41, 5.74) is 2.74. The van der Waals surface area contributed by atoms with Gasteiger partial charge in [0.2, 0.25) is 5.16 Å². The number of aromatic nitrogens is 4. The highest BCUT2D eigenvalue weighted by molar-refractivity contribution is 7.98. The van der Waals surface area contributed by atoms with Gasteiger partial charge in [-0.3, -0.25) is 4.79 Å². The number of hydrogen-bond acceptors (Lipinski definition) is 7. The fourth-order valence-corrected chi connectivity index (χ4v) is 3.79. The summed E-state index contributed by atoms with van der Waals surface area (Å²) in [5.74, 6) is 0.895. The third-order valence-corrected chi connectivity index (χ3v) is 5.18. The first-order valence-electron chi connectivity index (χ1n) is 10.3. The molecule has 2 aromatic heterocycles. The molecule has 0 fully saturated rings. The summed E-state index contributed by atoms with van der Waals surface area (Å²) < 4.78 is 6.89. The molecule has 0 bridgehead atoms. The summed E-state index contributed by atoms with van der Waals surface area (Å²) in [5, 5.41) is 10.5. The number of nitrogens with one attached hydrogen (secondary N) is 2. The van der Waals surface area contributed by atoms with Crippen LogP contribution < -0.4 is 10.6 Å². The van der Waals surface area contributed by atoms with Gasteiger partial charge in [-0.25, -0.2) is 14.3 Å². The third kappa shape index (κ3) is 6.43. The number of benzene rings is 1. The van der Waals surface area contributed by atoms with Crippen LogP contribution in [0.15, 0.2) is 35.5 Å². The molecule has 1 aromatic carbocycles. The van der Waals surface area contributed by atoms with Crippen LogP contribution in [0.4, 0.5) is 4.79 Å². The fourth-order valence-electron chi connectivity index (χ4n) is 2.97. The minimum absolute atomic E-state index is 0.205. The van der Waals surface area contributed by atoms with E-state index in [1.54, 1.807) is 31.4 Å². The second-order valence-corrected chi connectivity index (χ2v) is 9.22. The number of fused-ring (bicyclic) bond motifs is 1. The van der Waals surface area contributed by atoms with Crippen LogP contribution in [0.25, 0.3) is 5.78 Å². The van der Waals surface area contributed by atoms with Gasteiger partial charge in [-0.2, -0.15) is 4.98 Å². The Morgan fingerprint density at radius 3 is 2.56 bits per heavy atom. The largest absolute Gasteiger partial charge is 0.444 e. The van der Waals surface area contributed by atoms with E-state index in [1.807, 2.05) is 38.1 Å². The Labute approximate surface area is 191 Å². The maximum atomic E-state index is 12.7. The summed E-state index contributed by atoms with van der Waals surface area (Å²) in [6.07, 6.45) is -0.511. The molecule has 0 spiro atoms. The van der Waals surface area contributed by atoms with Crippen LogP contribution in [0, 0.1) is 13.8 Å². The highest BCUT2D eigenvalue weighted by Gasteiger charge is 2.16. The lowest BCUT2D eigenvalue weighted by Crippen LogP contribution is -2.38. The van der Waals surface area contributed by atoms with Gasteiger partial charge in [0.1, 0.15) is 5.60 Å². The van der Waals surface area contributed by atoms with E-state index in [0.29, 0.717) is 22.3 Å². The first-order chi connectivity index (χ1) is 15.1. The molecule has 0 aliphatic rings. The van der Waals surface area contributed by atoms with Gasteiger partial charge < -0.3 is 15.4 Å². The maximum Gasteiger partial charge on any atom is 0.407 e. The summed E-state index contributed by atoms with van der Waals surface area (Å²) in [6, 6.07) is 9.35. The SMILES string of the molecule is Cc1cc(C)n2nc(SCc3ccccc3C(=O)NCCNC(=O)OC(C)(C)C)nc2n1. The third-order valence-electron chi connectivity index (χ3n) is 4.30. The Morgan fingerprint density at radius 1 is 1.09 bits per heavy atom. The molecule has 32 heavy (non-hydrogen) atoms. The molecule has 0 aliphatic heterocycles. The minimum atomic E-state index is -0.562. The molecule has 2 N–H and O–H groups in total. The van der Waals surface area contributed by atoms with Gasteiger partial charge in [0, 0.05) is 35.8 Å². The summed E-state index contributed by atoms with van der Waals surface area (Å²) in [7, 11) is 0. The van der Waals surface area contributed by atoms with Gasteiger partial charge in [0.15, 0.2) is 0 Å². The Bertz CT molecular complexity index is 1120. The Balaban J connectivity index is 1.57. The number of hydrogen-bond donors (Lipinski definition) is 2. The number of thioether (sulfide) groups is 1. The molecule has 170 valence electrons. The van der Waals surface area contributed by atoms with Crippen molar-refractivity contribution in [3.63, 3.8) is 0 Å². The van der Waals surface area contributed by atoms with E-state index in [1.165, 1.54) is 11.8 Å². The van der Waals surface area contributed by atoms with E-state index in [9.17, 15) is 9.59 Å². The van der Waals surface area contributed by atoms with Crippen molar-refractivity contribution >= 4 is 29.5 Å². The van der Waals surface area contributed by atoms with E-state index in [2.05, 4.69) is 25.7 Å². The lowest BCUT2D eigenvalue weighted by molar-refractivity contribution is 0.0526. The smallest absolute Gasteiger partial charge is 0.407 e. The first kappa shape index (κ1) is 23.5. The van der Waals surface area contributed by atoms with Crippen molar-refractivity contribution in [2.75, 3.05) is 13.1 Å². The number of carbonyl (C=O) groups excluding carboxylic acids is 2. The number of carbonyl (C=O) groups is 2. The van der Waals surface area contributed by atoms with Crippen LogP contribution in [0.1, 0.15) is 48.1 Å². The predicted octanol–water partition coefficient (Wildman–Crippen LogP) is 3.29. The van der Waals surface area contributed by atoms with E-state index >= 15 is 0 Å². The van der Waals surface area contributed by atoms with Crippen LogP contribution in [0.5, 0.6) is 0 Å². The van der Waals surface area contributed by atoms with Crippen LogP contribution in [0.3, 0.4) is 0 Å². The zero-order chi connectivity index (χ0) is 23.3. The molecule has 0 unspecified atom stereocenters. The summed E-state index contributed by atoms with van der Waals surface area (Å²) in [6.45, 7) is 9.83. The average molecular weight is 457 g/mol. The molecule has 3 aromatic rings. The molecule has 10 heteroatoms. The Morgan fingerprint density at radius 2 is 1.81 bits per heavy atom. The quantitative estimate of drug-likeness (QED) is 0.415. The number of alkyl carbamates (subject to hydrolysis) is 1. The lowest BCUT2D eigenvalue weighted by Gasteiger charge is -2.19. The Kier molecular flexibility index (Phi) is 7.34. The molecule has 0 atom stereocenters. The maximum absolute atomic E-state index is 12.7. The molecule has 3 rings (SSSR count). The molecular formula is C22H28N6O3S. The van der Waals surface area contributed by atoms with Crippen LogP contribution in [-0.4, -0.2) is 50.3 Å². The first-order valence-corrected chi connectivity index (χ1v) is 11.3. The minimum Gasteiger partial charge on any atom is -0.444 e. The average Bonchev–Trinajstić information content (AvgIpc) is 3.11. The van der Waals surface area contributed by atoms with E-state index in [4.69, 9.17) is 4.74 Å². The topological polar surface area (TPSA) is 111 Å². The number of amides is 2. The van der Waals surface area contributed by atoms with Crippen molar-refractivity contribution in [1.82, 2.24) is 30.2 Å². The molecule has 2 heterocycles. The highest BCUT2D eigenvalue weighted by Crippen LogP contribution is 2.22. The zero-order valence-electron chi connectivity index (χ0n) is 18.9. The van der Waals surface area contributed by atoms with Gasteiger partial charge in [0.25, 0.3) is 11.7 Å². The summed E-state index contributed by atoms with van der Waals surface area (Å²) >= 11 is 1.45. The zero-order valence-corrected chi connectivity index (χ0v) is 19.7. The number of aryl methyl sites for hydroxylation is 2. The monoisotopic (exact) mass is 456 g/mol. The second-order valence-electron chi connectivity index (χ2n) is 8.28. The molecule has 2 amide bonds. The fraction of sp³-hybridized carbons (Fsp3) is 0.409. The number of nitrogens with zero attached hydrogens (tertiary/aromatic N) is 4. The van der Waals surface area contributed by atoms with Crippen LogP contribution in [-0.2, 0) is 10.5 Å². The van der Waals surface area contributed by atoms with E-state index < -0.39 is 11.7 Å². The van der Waals surface area contributed by atoms with E-state index in [0.717, 1.165) is 17.0 Å². The van der Waals surface area contributed by atoms with Gasteiger partial charge in [-0.15, -0.1) is 5.10 Å². The van der Waals surface area contributed by atoms with Crippen molar-refractivity contribution in [2.45, 2.75) is 51.1 Å². The second kappa shape index (κ2) is 9.99. The molecular weight excluding hydrogens is 428 g/mol. The summed E-state index contributed by atoms with van der Waals surface area (Å²) in [4.78, 5) is 33.2.